The van der Waals surface area contributed by atoms with Gasteiger partial charge in [-0.1, -0.05) is 12.1 Å². The van der Waals surface area contributed by atoms with E-state index in [9.17, 15) is 5.11 Å². The first-order valence-corrected chi connectivity index (χ1v) is 8.95. The summed E-state index contributed by atoms with van der Waals surface area (Å²) in [6, 6.07) is 12.6. The lowest BCUT2D eigenvalue weighted by atomic mass is 10.2. The van der Waals surface area contributed by atoms with Crippen molar-refractivity contribution in [1.82, 2.24) is 4.90 Å². The fourth-order valence-corrected chi connectivity index (χ4v) is 3.53. The van der Waals surface area contributed by atoms with Crippen molar-refractivity contribution in [3.05, 3.63) is 51.7 Å². The standard InChI is InChI=1S/C19H27NO2S/c1-14(2)22-18-7-5-6-17(10-18)12-20(11-15(3)21)13-19-9-8-16(4)23-19/h5-10,14-15,21H,11-13H2,1-4H3/t15-/m0/s1. The molecule has 0 saturated heterocycles. The van der Waals surface area contributed by atoms with E-state index >= 15 is 0 Å². The molecule has 0 aliphatic rings. The number of ether oxygens (including phenoxy) is 1. The van der Waals surface area contributed by atoms with Gasteiger partial charge in [-0.25, -0.2) is 0 Å². The first-order chi connectivity index (χ1) is 10.9. The van der Waals surface area contributed by atoms with E-state index in [1.807, 2.05) is 44.2 Å². The molecule has 0 radical (unpaired) electrons. The molecular weight excluding hydrogens is 306 g/mol. The molecule has 23 heavy (non-hydrogen) atoms. The molecule has 0 fully saturated rings. The molecule has 2 aromatic rings. The van der Waals surface area contributed by atoms with Gasteiger partial charge < -0.3 is 9.84 Å². The van der Waals surface area contributed by atoms with E-state index in [-0.39, 0.29) is 12.2 Å². The molecule has 3 nitrogen and oxygen atoms in total. The van der Waals surface area contributed by atoms with Crippen LogP contribution in [0.3, 0.4) is 0 Å². The van der Waals surface area contributed by atoms with Crippen molar-refractivity contribution in [2.75, 3.05) is 6.54 Å². The zero-order valence-corrected chi connectivity index (χ0v) is 15.3. The van der Waals surface area contributed by atoms with E-state index in [2.05, 4.69) is 36.1 Å². The van der Waals surface area contributed by atoms with Gasteiger partial charge in [-0.15, -0.1) is 11.3 Å². The zero-order valence-electron chi connectivity index (χ0n) is 14.5. The van der Waals surface area contributed by atoms with Crippen LogP contribution in [0.25, 0.3) is 0 Å². The summed E-state index contributed by atoms with van der Waals surface area (Å²) >= 11 is 1.82. The molecule has 1 heterocycles. The smallest absolute Gasteiger partial charge is 0.120 e. The van der Waals surface area contributed by atoms with Gasteiger partial charge in [0.2, 0.25) is 0 Å². The van der Waals surface area contributed by atoms with Crippen molar-refractivity contribution in [2.45, 2.75) is 53.0 Å². The largest absolute Gasteiger partial charge is 0.491 e. The van der Waals surface area contributed by atoms with E-state index in [1.54, 1.807) is 0 Å². The molecule has 1 aromatic carbocycles. The first kappa shape index (κ1) is 18.0. The van der Waals surface area contributed by atoms with E-state index < -0.39 is 0 Å². The monoisotopic (exact) mass is 333 g/mol. The van der Waals surface area contributed by atoms with E-state index in [4.69, 9.17) is 4.74 Å². The summed E-state index contributed by atoms with van der Waals surface area (Å²) < 4.78 is 5.77. The van der Waals surface area contributed by atoms with Crippen LogP contribution in [0.1, 0.15) is 36.1 Å². The molecule has 1 N–H and O–H groups in total. The number of rotatable bonds is 8. The summed E-state index contributed by atoms with van der Waals surface area (Å²) in [5.41, 5.74) is 1.21. The minimum absolute atomic E-state index is 0.174. The summed E-state index contributed by atoms with van der Waals surface area (Å²) in [6.45, 7) is 10.4. The zero-order chi connectivity index (χ0) is 16.8. The second kappa shape index (κ2) is 8.48. The van der Waals surface area contributed by atoms with Gasteiger partial charge in [0.1, 0.15) is 5.75 Å². The molecule has 0 unspecified atom stereocenters. The second-order valence-electron chi connectivity index (χ2n) is 6.35. The Bertz CT molecular complexity index is 607. The first-order valence-electron chi connectivity index (χ1n) is 8.13. The molecule has 2 rings (SSSR count). The highest BCUT2D eigenvalue weighted by atomic mass is 32.1. The van der Waals surface area contributed by atoms with Gasteiger partial charge in [-0.05, 0) is 57.5 Å². The minimum atomic E-state index is -0.342. The van der Waals surface area contributed by atoms with Crippen LogP contribution in [-0.2, 0) is 13.1 Å². The Kier molecular flexibility index (Phi) is 6.63. The molecule has 0 saturated carbocycles. The number of benzene rings is 1. The predicted octanol–water partition coefficient (Wildman–Crippen LogP) is 4.23. The van der Waals surface area contributed by atoms with Gasteiger partial charge in [-0.2, -0.15) is 0 Å². The van der Waals surface area contributed by atoms with Crippen molar-refractivity contribution in [3.63, 3.8) is 0 Å². The van der Waals surface area contributed by atoms with Gasteiger partial charge in [0.15, 0.2) is 0 Å². The summed E-state index contributed by atoms with van der Waals surface area (Å²) in [6.07, 6.45) is -0.168. The van der Waals surface area contributed by atoms with Crippen molar-refractivity contribution < 1.29 is 9.84 Å². The molecule has 1 aromatic heterocycles. The second-order valence-corrected chi connectivity index (χ2v) is 7.72. The van der Waals surface area contributed by atoms with Gasteiger partial charge in [0.25, 0.3) is 0 Å². The highest BCUT2D eigenvalue weighted by Crippen LogP contribution is 2.20. The molecular formula is C19H27NO2S. The van der Waals surface area contributed by atoms with Crippen LogP contribution < -0.4 is 4.74 Å². The maximum Gasteiger partial charge on any atom is 0.120 e. The molecule has 0 aliphatic heterocycles. The van der Waals surface area contributed by atoms with Gasteiger partial charge in [0.05, 0.1) is 12.2 Å². The van der Waals surface area contributed by atoms with Gasteiger partial charge in [0, 0.05) is 29.4 Å². The Labute approximate surface area is 143 Å². The SMILES string of the molecule is Cc1ccc(CN(Cc2cccc(OC(C)C)c2)C[C@H](C)O)s1. The maximum atomic E-state index is 9.79. The summed E-state index contributed by atoms with van der Waals surface area (Å²) in [5, 5.41) is 9.79. The Morgan fingerprint density at radius 2 is 1.91 bits per heavy atom. The lowest BCUT2D eigenvalue weighted by Crippen LogP contribution is -2.30. The van der Waals surface area contributed by atoms with Gasteiger partial charge >= 0.3 is 0 Å². The molecule has 1 atom stereocenters. The topological polar surface area (TPSA) is 32.7 Å². The summed E-state index contributed by atoms with van der Waals surface area (Å²) in [4.78, 5) is 4.94. The summed E-state index contributed by atoms with van der Waals surface area (Å²) in [7, 11) is 0. The average molecular weight is 333 g/mol. The summed E-state index contributed by atoms with van der Waals surface area (Å²) in [5.74, 6) is 0.904. The number of hydrogen-bond donors (Lipinski definition) is 1. The van der Waals surface area contributed by atoms with E-state index in [0.717, 1.165) is 18.8 Å². The molecule has 0 aliphatic carbocycles. The number of thiophene rings is 1. The highest BCUT2D eigenvalue weighted by Gasteiger charge is 2.12. The third-order valence-electron chi connectivity index (χ3n) is 3.37. The highest BCUT2D eigenvalue weighted by molar-refractivity contribution is 7.11. The predicted molar refractivity (Wildman–Crippen MR) is 97.1 cm³/mol. The third-order valence-corrected chi connectivity index (χ3v) is 4.36. The number of aliphatic hydroxyl groups is 1. The van der Waals surface area contributed by atoms with Crippen LogP contribution in [0.5, 0.6) is 5.75 Å². The Morgan fingerprint density at radius 3 is 2.52 bits per heavy atom. The van der Waals surface area contributed by atoms with Crippen LogP contribution in [0.4, 0.5) is 0 Å². The Morgan fingerprint density at radius 1 is 1.13 bits per heavy atom. The quantitative estimate of drug-likeness (QED) is 0.785. The van der Waals surface area contributed by atoms with E-state index in [1.165, 1.54) is 15.3 Å². The lowest BCUT2D eigenvalue weighted by molar-refractivity contribution is 0.118. The Hall–Kier alpha value is -1.36. The van der Waals surface area contributed by atoms with Crippen LogP contribution in [0, 0.1) is 6.92 Å². The number of nitrogens with zero attached hydrogens (tertiary/aromatic N) is 1. The van der Waals surface area contributed by atoms with E-state index in [0.29, 0.717) is 6.54 Å². The average Bonchev–Trinajstić information content (AvgIpc) is 2.83. The number of aryl methyl sites for hydroxylation is 1. The van der Waals surface area contributed by atoms with Crippen LogP contribution in [0.15, 0.2) is 36.4 Å². The third kappa shape index (κ3) is 6.34. The van der Waals surface area contributed by atoms with Gasteiger partial charge in [-0.3, -0.25) is 4.90 Å². The fraction of sp³-hybridized carbons (Fsp3) is 0.474. The molecule has 0 spiro atoms. The van der Waals surface area contributed by atoms with Crippen molar-refractivity contribution in [3.8, 4) is 5.75 Å². The normalized spacial score (nSPS) is 12.8. The van der Waals surface area contributed by atoms with Crippen molar-refractivity contribution in [1.29, 1.82) is 0 Å². The fourth-order valence-electron chi connectivity index (χ4n) is 2.60. The van der Waals surface area contributed by atoms with Crippen molar-refractivity contribution in [2.24, 2.45) is 0 Å². The molecule has 4 heteroatoms. The lowest BCUT2D eigenvalue weighted by Gasteiger charge is -2.23. The maximum absolute atomic E-state index is 9.79. The molecule has 0 bridgehead atoms. The van der Waals surface area contributed by atoms with Crippen LogP contribution >= 0.6 is 11.3 Å². The van der Waals surface area contributed by atoms with Crippen molar-refractivity contribution >= 4 is 11.3 Å². The number of aliphatic hydroxyl groups excluding tert-OH is 1. The van der Waals surface area contributed by atoms with Crippen LogP contribution in [0.2, 0.25) is 0 Å². The number of hydrogen-bond acceptors (Lipinski definition) is 4. The Balaban J connectivity index is 2.07. The molecule has 126 valence electrons. The minimum Gasteiger partial charge on any atom is -0.491 e. The molecule has 0 amide bonds. The van der Waals surface area contributed by atoms with Crippen LogP contribution in [-0.4, -0.2) is 28.8 Å².